The van der Waals surface area contributed by atoms with E-state index in [1.54, 1.807) is 27.8 Å². The Morgan fingerprint density at radius 3 is 2.41 bits per heavy atom. The summed E-state index contributed by atoms with van der Waals surface area (Å²) in [7, 11) is -3.85. The minimum absolute atomic E-state index is 0.230. The van der Waals surface area contributed by atoms with Crippen molar-refractivity contribution < 1.29 is 26.4 Å². The molecule has 2 aromatic carbocycles. The number of hydrogen-bond acceptors (Lipinski definition) is 4. The average molecular weight is 464 g/mol. The maximum atomic E-state index is 13.0. The fourth-order valence-electron chi connectivity index (χ4n) is 3.81. The molecule has 0 unspecified atom stereocenters. The number of carbonyl (C=O) groups is 1. The normalized spacial score (nSPS) is 15.1. The number of sulfonamides is 1. The van der Waals surface area contributed by atoms with E-state index in [1.165, 1.54) is 18.2 Å². The number of alkyl halides is 3. The van der Waals surface area contributed by atoms with Crippen molar-refractivity contribution in [3.8, 4) is 11.3 Å². The van der Waals surface area contributed by atoms with E-state index in [-0.39, 0.29) is 11.9 Å². The van der Waals surface area contributed by atoms with Gasteiger partial charge in [-0.05, 0) is 23.8 Å². The minimum atomic E-state index is -4.46. The lowest BCUT2D eigenvalue weighted by Gasteiger charge is -2.39. The largest absolute Gasteiger partial charge is 0.416 e. The van der Waals surface area contributed by atoms with Crippen molar-refractivity contribution in [2.45, 2.75) is 18.0 Å². The number of nitrogens with zero attached hydrogens (tertiary/aromatic N) is 3. The van der Waals surface area contributed by atoms with Crippen molar-refractivity contribution in [3.63, 3.8) is 0 Å². The van der Waals surface area contributed by atoms with Gasteiger partial charge in [0.25, 0.3) is 0 Å². The van der Waals surface area contributed by atoms with Gasteiger partial charge in [0.1, 0.15) is 5.69 Å². The molecular weight excluding hydrogens is 445 g/mol. The van der Waals surface area contributed by atoms with Crippen molar-refractivity contribution in [2.75, 3.05) is 13.1 Å². The molecule has 0 aliphatic carbocycles. The van der Waals surface area contributed by atoms with Gasteiger partial charge >= 0.3 is 6.18 Å². The quantitative estimate of drug-likeness (QED) is 0.587. The van der Waals surface area contributed by atoms with E-state index in [0.717, 1.165) is 12.1 Å². The predicted octanol–water partition coefficient (Wildman–Crippen LogP) is 3.08. The lowest BCUT2D eigenvalue weighted by atomic mass is 10.0. The number of aromatic nitrogens is 2. The topological polar surface area (TPSA) is 98.3 Å². The number of halogens is 3. The van der Waals surface area contributed by atoms with E-state index in [4.69, 9.17) is 5.14 Å². The highest BCUT2D eigenvalue weighted by Gasteiger charge is 2.34. The highest BCUT2D eigenvalue weighted by molar-refractivity contribution is 7.88. The first kappa shape index (κ1) is 22.0. The third-order valence-electron chi connectivity index (χ3n) is 5.35. The lowest BCUT2D eigenvalue weighted by molar-refractivity contribution is -0.137. The van der Waals surface area contributed by atoms with Crippen molar-refractivity contribution >= 4 is 26.8 Å². The zero-order valence-electron chi connectivity index (χ0n) is 16.7. The van der Waals surface area contributed by atoms with Crippen molar-refractivity contribution in [2.24, 2.45) is 5.14 Å². The monoisotopic (exact) mass is 464 g/mol. The molecule has 0 spiro atoms. The molecule has 2 heterocycles. The first-order valence-corrected chi connectivity index (χ1v) is 11.3. The molecule has 32 heavy (non-hydrogen) atoms. The number of fused-ring (bicyclic) bond motifs is 1. The number of amides is 1. The summed E-state index contributed by atoms with van der Waals surface area (Å²) in [5.41, 5.74) is 1.03. The molecule has 1 amide bonds. The number of carbonyl (C=O) groups excluding carboxylic acids is 1. The summed E-state index contributed by atoms with van der Waals surface area (Å²) in [6, 6.07) is 9.37. The molecule has 0 radical (unpaired) electrons. The van der Waals surface area contributed by atoms with E-state index in [2.05, 4.69) is 11.7 Å². The van der Waals surface area contributed by atoms with Crippen LogP contribution in [0.1, 0.15) is 17.2 Å². The Morgan fingerprint density at radius 1 is 1.19 bits per heavy atom. The van der Waals surface area contributed by atoms with Gasteiger partial charge in [0, 0.05) is 24.0 Å². The molecule has 1 aliphatic heterocycles. The first-order chi connectivity index (χ1) is 15.0. The van der Waals surface area contributed by atoms with Crippen molar-refractivity contribution in [3.05, 3.63) is 66.2 Å². The summed E-state index contributed by atoms with van der Waals surface area (Å²) in [4.78, 5) is 13.4. The van der Waals surface area contributed by atoms with Gasteiger partial charge in [-0.3, -0.25) is 9.48 Å². The number of hydrogen-bond donors (Lipinski definition) is 1. The van der Waals surface area contributed by atoms with Crippen LogP contribution >= 0.6 is 0 Å². The molecule has 1 aromatic heterocycles. The molecule has 1 fully saturated rings. The molecule has 0 atom stereocenters. The highest BCUT2D eigenvalue weighted by Crippen LogP contribution is 2.36. The summed E-state index contributed by atoms with van der Waals surface area (Å²) >= 11 is 0. The van der Waals surface area contributed by atoms with Crippen LogP contribution in [0, 0.1) is 0 Å². The van der Waals surface area contributed by atoms with Gasteiger partial charge in [0.2, 0.25) is 15.9 Å². The maximum absolute atomic E-state index is 13.0. The Kier molecular flexibility index (Phi) is 5.33. The SMILES string of the molecule is C=CC(=O)N1CC(n2nc(-c3ccc(C(F)(F)F)cc3)c3cccc(CS(N)(=O)=O)c32)C1. The second-order valence-corrected chi connectivity index (χ2v) is 9.20. The minimum Gasteiger partial charge on any atom is -0.335 e. The van der Waals surface area contributed by atoms with Gasteiger partial charge in [0.15, 0.2) is 0 Å². The van der Waals surface area contributed by atoms with E-state index in [1.807, 2.05) is 0 Å². The van der Waals surface area contributed by atoms with Gasteiger partial charge in [0.05, 0.1) is 22.9 Å². The van der Waals surface area contributed by atoms with Crippen LogP contribution in [0.25, 0.3) is 22.2 Å². The smallest absolute Gasteiger partial charge is 0.335 e. The van der Waals surface area contributed by atoms with Crippen LogP contribution < -0.4 is 5.14 Å². The third-order valence-corrected chi connectivity index (χ3v) is 6.06. The molecule has 0 saturated carbocycles. The zero-order valence-corrected chi connectivity index (χ0v) is 17.5. The van der Waals surface area contributed by atoms with E-state index < -0.39 is 27.5 Å². The fraction of sp³-hybridized carbons (Fsp3) is 0.238. The molecule has 3 aromatic rings. The number of rotatable bonds is 5. The van der Waals surface area contributed by atoms with Crippen LogP contribution in [-0.4, -0.2) is 42.1 Å². The summed E-state index contributed by atoms with van der Waals surface area (Å²) in [5, 5.41) is 10.5. The van der Waals surface area contributed by atoms with Crippen LogP contribution in [0.15, 0.2) is 55.1 Å². The second kappa shape index (κ2) is 7.75. The highest BCUT2D eigenvalue weighted by atomic mass is 32.2. The Hall–Kier alpha value is -3.18. The first-order valence-electron chi connectivity index (χ1n) is 9.57. The Bertz CT molecular complexity index is 1310. The van der Waals surface area contributed by atoms with E-state index in [0.29, 0.717) is 40.8 Å². The summed E-state index contributed by atoms with van der Waals surface area (Å²) in [5.74, 6) is -0.657. The Labute approximate surface area is 182 Å². The summed E-state index contributed by atoms with van der Waals surface area (Å²) in [6.45, 7) is 4.15. The fourth-order valence-corrected chi connectivity index (χ4v) is 4.48. The van der Waals surface area contributed by atoms with Crippen LogP contribution in [0.2, 0.25) is 0 Å². The maximum Gasteiger partial charge on any atom is 0.416 e. The van der Waals surface area contributed by atoms with Crippen LogP contribution in [0.5, 0.6) is 0 Å². The number of nitrogens with two attached hydrogens (primary N) is 1. The molecule has 7 nitrogen and oxygen atoms in total. The lowest BCUT2D eigenvalue weighted by Crippen LogP contribution is -2.50. The number of para-hydroxylation sites is 1. The molecule has 1 aliphatic rings. The molecule has 11 heteroatoms. The molecule has 168 valence electrons. The van der Waals surface area contributed by atoms with Gasteiger partial charge in [-0.15, -0.1) is 0 Å². The summed E-state index contributed by atoms with van der Waals surface area (Å²) < 4.78 is 64.0. The van der Waals surface area contributed by atoms with Gasteiger partial charge in [-0.2, -0.15) is 18.3 Å². The van der Waals surface area contributed by atoms with Gasteiger partial charge < -0.3 is 4.90 Å². The third kappa shape index (κ3) is 4.13. The number of likely N-dealkylation sites (tertiary alicyclic amines) is 1. The van der Waals surface area contributed by atoms with Crippen LogP contribution in [-0.2, 0) is 26.7 Å². The second-order valence-electron chi connectivity index (χ2n) is 7.59. The molecule has 0 bridgehead atoms. The van der Waals surface area contributed by atoms with Crippen LogP contribution in [0.3, 0.4) is 0 Å². The van der Waals surface area contributed by atoms with Gasteiger partial charge in [-0.1, -0.05) is 36.9 Å². The predicted molar refractivity (Wildman–Crippen MR) is 113 cm³/mol. The number of primary sulfonamides is 1. The number of benzene rings is 2. The average Bonchev–Trinajstić information content (AvgIpc) is 3.05. The molecule has 1 saturated heterocycles. The van der Waals surface area contributed by atoms with Gasteiger partial charge in [-0.25, -0.2) is 13.6 Å². The van der Waals surface area contributed by atoms with Crippen molar-refractivity contribution in [1.82, 2.24) is 14.7 Å². The molecule has 2 N–H and O–H groups in total. The molecule has 4 rings (SSSR count). The van der Waals surface area contributed by atoms with Crippen molar-refractivity contribution in [1.29, 1.82) is 0 Å². The molecular formula is C21H19F3N4O3S. The van der Waals surface area contributed by atoms with E-state index in [9.17, 15) is 26.4 Å². The standard InChI is InChI=1S/C21H19F3N4O3S/c1-2-18(29)27-10-16(11-27)28-20-14(12-32(25,30)31)4-3-5-17(20)19(26-28)13-6-8-15(9-7-13)21(22,23)24/h2-9,16H,1,10-12H2,(H2,25,30,31). The summed E-state index contributed by atoms with van der Waals surface area (Å²) in [6.07, 6.45) is -3.26. The van der Waals surface area contributed by atoms with E-state index >= 15 is 0 Å². The van der Waals surface area contributed by atoms with Crippen LogP contribution in [0.4, 0.5) is 13.2 Å². The zero-order chi connectivity index (χ0) is 23.3. The Balaban J connectivity index is 1.83. The Morgan fingerprint density at radius 2 is 1.84 bits per heavy atom.